The number of aryl methyl sites for hydroxylation is 1. The van der Waals surface area contributed by atoms with Crippen LogP contribution in [-0.2, 0) is 19.5 Å². The first-order chi connectivity index (χ1) is 10.6. The maximum absolute atomic E-state index is 6.18. The molecule has 0 spiro atoms. The monoisotopic (exact) mass is 336 g/mol. The molecule has 1 heterocycles. The summed E-state index contributed by atoms with van der Waals surface area (Å²) in [5, 5.41) is 9.09. The van der Waals surface area contributed by atoms with Gasteiger partial charge in [-0.1, -0.05) is 41.9 Å². The van der Waals surface area contributed by atoms with E-state index in [1.165, 1.54) is 5.56 Å². The van der Waals surface area contributed by atoms with E-state index >= 15 is 0 Å². The molecule has 0 fully saturated rings. The normalized spacial score (nSPS) is 10.5. The van der Waals surface area contributed by atoms with Crippen LogP contribution < -0.4 is 5.32 Å². The van der Waals surface area contributed by atoms with Gasteiger partial charge in [0, 0.05) is 26.3 Å². The van der Waals surface area contributed by atoms with Crippen molar-refractivity contribution in [1.82, 2.24) is 20.0 Å². The molecular weight excluding hydrogens is 316 g/mol. The molecule has 2 aromatic rings. The Balaban J connectivity index is 1.80. The Kier molecular flexibility index (Phi) is 6.21. The minimum atomic E-state index is 0.600. The Morgan fingerprint density at radius 2 is 2.09 bits per heavy atom. The molecule has 4 nitrogen and oxygen atoms in total. The van der Waals surface area contributed by atoms with Crippen LogP contribution in [0.3, 0.4) is 0 Å². The number of rotatable bonds is 6. The van der Waals surface area contributed by atoms with Crippen molar-refractivity contribution in [2.45, 2.75) is 26.4 Å². The average Bonchev–Trinajstić information content (AvgIpc) is 2.88. The van der Waals surface area contributed by atoms with Crippen LogP contribution in [0.2, 0.25) is 5.02 Å². The van der Waals surface area contributed by atoms with E-state index in [4.69, 9.17) is 23.8 Å². The summed E-state index contributed by atoms with van der Waals surface area (Å²) in [5.41, 5.74) is 2.14. The van der Waals surface area contributed by atoms with Crippen molar-refractivity contribution in [3.8, 4) is 0 Å². The van der Waals surface area contributed by atoms with Crippen molar-refractivity contribution < 1.29 is 0 Å². The second-order valence-corrected chi connectivity index (χ2v) is 5.90. The highest BCUT2D eigenvalue weighted by Gasteiger charge is 2.11. The van der Waals surface area contributed by atoms with E-state index in [1.807, 2.05) is 47.9 Å². The topological polar surface area (TPSA) is 33.1 Å². The van der Waals surface area contributed by atoms with Crippen LogP contribution in [0.1, 0.15) is 18.2 Å². The molecule has 0 radical (unpaired) electrons. The van der Waals surface area contributed by atoms with Gasteiger partial charge in [0.1, 0.15) is 5.69 Å². The molecule has 0 aliphatic rings. The summed E-state index contributed by atoms with van der Waals surface area (Å²) in [4.78, 5) is 1.95. The van der Waals surface area contributed by atoms with Crippen LogP contribution in [0.5, 0.6) is 0 Å². The molecule has 0 saturated carbocycles. The molecule has 118 valence electrons. The molecule has 0 unspecified atom stereocenters. The molecule has 0 saturated heterocycles. The maximum Gasteiger partial charge on any atom is 0.169 e. The summed E-state index contributed by atoms with van der Waals surface area (Å²) >= 11 is 11.6. The molecule has 0 bridgehead atoms. The fraction of sp³-hybridized carbons (Fsp3) is 0.375. The van der Waals surface area contributed by atoms with Gasteiger partial charge >= 0.3 is 0 Å². The van der Waals surface area contributed by atoms with Gasteiger partial charge in [-0.25, -0.2) is 0 Å². The molecule has 0 amide bonds. The number of halogens is 1. The van der Waals surface area contributed by atoms with E-state index < -0.39 is 0 Å². The van der Waals surface area contributed by atoms with Crippen molar-refractivity contribution in [1.29, 1.82) is 0 Å². The standard InChI is InChI=1S/C16H21ClN4S/c1-3-21-11-14(17)15(19-21)12-20(2)16(22)18-10-9-13-7-5-4-6-8-13/h4-8,11H,3,9-10,12H2,1-2H3,(H,18,22). The van der Waals surface area contributed by atoms with Gasteiger partial charge in [-0.3, -0.25) is 4.68 Å². The SMILES string of the molecule is CCn1cc(Cl)c(CN(C)C(=S)NCCc2ccccc2)n1. The molecule has 1 aromatic heterocycles. The smallest absolute Gasteiger partial charge is 0.169 e. The van der Waals surface area contributed by atoms with E-state index in [1.54, 1.807) is 0 Å². The second kappa shape index (κ2) is 8.15. The lowest BCUT2D eigenvalue weighted by molar-refractivity contribution is 0.475. The lowest BCUT2D eigenvalue weighted by Crippen LogP contribution is -2.37. The van der Waals surface area contributed by atoms with E-state index in [2.05, 4.69) is 22.5 Å². The van der Waals surface area contributed by atoms with Gasteiger partial charge in [-0.05, 0) is 31.1 Å². The third kappa shape index (κ3) is 4.71. The van der Waals surface area contributed by atoms with Crippen LogP contribution >= 0.6 is 23.8 Å². The van der Waals surface area contributed by atoms with Gasteiger partial charge in [0.15, 0.2) is 5.11 Å². The Hall–Kier alpha value is -1.59. The third-order valence-corrected chi connectivity index (χ3v) is 4.15. The van der Waals surface area contributed by atoms with E-state index in [-0.39, 0.29) is 0 Å². The number of nitrogens with zero attached hydrogens (tertiary/aromatic N) is 3. The predicted molar refractivity (Wildman–Crippen MR) is 95.1 cm³/mol. The van der Waals surface area contributed by atoms with Crippen molar-refractivity contribution in [2.24, 2.45) is 0 Å². The zero-order valence-electron chi connectivity index (χ0n) is 12.9. The van der Waals surface area contributed by atoms with Crippen molar-refractivity contribution in [3.63, 3.8) is 0 Å². The van der Waals surface area contributed by atoms with Gasteiger partial charge in [0.25, 0.3) is 0 Å². The van der Waals surface area contributed by atoms with Crippen molar-refractivity contribution in [3.05, 3.63) is 52.8 Å². The maximum atomic E-state index is 6.18. The number of nitrogens with one attached hydrogen (secondary N) is 1. The summed E-state index contributed by atoms with van der Waals surface area (Å²) in [6.07, 6.45) is 2.79. The second-order valence-electron chi connectivity index (χ2n) is 5.10. The molecule has 0 aliphatic heterocycles. The third-order valence-electron chi connectivity index (χ3n) is 3.38. The van der Waals surface area contributed by atoms with Gasteiger partial charge < -0.3 is 10.2 Å². The molecule has 22 heavy (non-hydrogen) atoms. The highest BCUT2D eigenvalue weighted by molar-refractivity contribution is 7.80. The molecule has 6 heteroatoms. The molecule has 1 N–H and O–H groups in total. The first-order valence-corrected chi connectivity index (χ1v) is 8.13. The molecule has 1 aromatic carbocycles. The van der Waals surface area contributed by atoms with Crippen LogP contribution in [0.15, 0.2) is 36.5 Å². The lowest BCUT2D eigenvalue weighted by atomic mass is 10.1. The Morgan fingerprint density at radius 1 is 1.36 bits per heavy atom. The van der Waals surface area contributed by atoms with Gasteiger partial charge in [0.05, 0.1) is 11.6 Å². The average molecular weight is 337 g/mol. The van der Waals surface area contributed by atoms with Gasteiger partial charge in [-0.2, -0.15) is 5.10 Å². The molecule has 2 rings (SSSR count). The highest BCUT2D eigenvalue weighted by Crippen LogP contribution is 2.15. The summed E-state index contributed by atoms with van der Waals surface area (Å²) < 4.78 is 1.83. The molecular formula is C16H21ClN4S. The fourth-order valence-corrected chi connectivity index (χ4v) is 2.47. The summed E-state index contributed by atoms with van der Waals surface area (Å²) in [5.74, 6) is 0. The number of hydrogen-bond donors (Lipinski definition) is 1. The van der Waals surface area contributed by atoms with E-state index in [9.17, 15) is 0 Å². The first kappa shape index (κ1) is 16.8. The highest BCUT2D eigenvalue weighted by atomic mass is 35.5. The van der Waals surface area contributed by atoms with Gasteiger partial charge in [-0.15, -0.1) is 0 Å². The van der Waals surface area contributed by atoms with Crippen molar-refractivity contribution in [2.75, 3.05) is 13.6 Å². The van der Waals surface area contributed by atoms with Gasteiger partial charge in [0.2, 0.25) is 0 Å². The van der Waals surface area contributed by atoms with Crippen LogP contribution in [-0.4, -0.2) is 33.4 Å². The lowest BCUT2D eigenvalue weighted by Gasteiger charge is -2.20. The Bertz CT molecular complexity index is 612. The minimum absolute atomic E-state index is 0.600. The molecule has 0 aliphatic carbocycles. The number of aromatic nitrogens is 2. The van der Waals surface area contributed by atoms with Crippen LogP contribution in [0.25, 0.3) is 0 Å². The number of benzene rings is 1. The minimum Gasteiger partial charge on any atom is -0.362 e. The van der Waals surface area contributed by atoms with Crippen LogP contribution in [0, 0.1) is 0 Å². The fourth-order valence-electron chi connectivity index (χ4n) is 2.10. The predicted octanol–water partition coefficient (Wildman–Crippen LogP) is 3.11. The zero-order valence-corrected chi connectivity index (χ0v) is 14.5. The first-order valence-electron chi connectivity index (χ1n) is 7.35. The van der Waals surface area contributed by atoms with Crippen LogP contribution in [0.4, 0.5) is 0 Å². The Labute approximate surface area is 142 Å². The summed E-state index contributed by atoms with van der Waals surface area (Å²) in [7, 11) is 1.94. The summed E-state index contributed by atoms with van der Waals surface area (Å²) in [6, 6.07) is 10.4. The number of thiocarbonyl (C=S) groups is 1. The number of hydrogen-bond acceptors (Lipinski definition) is 2. The zero-order chi connectivity index (χ0) is 15.9. The Morgan fingerprint density at radius 3 is 2.73 bits per heavy atom. The largest absolute Gasteiger partial charge is 0.362 e. The quantitative estimate of drug-likeness (QED) is 0.822. The van der Waals surface area contributed by atoms with E-state index in [0.29, 0.717) is 16.7 Å². The van der Waals surface area contributed by atoms with Crippen molar-refractivity contribution >= 4 is 28.9 Å². The summed E-state index contributed by atoms with van der Waals surface area (Å²) in [6.45, 7) is 4.25. The van der Waals surface area contributed by atoms with E-state index in [0.717, 1.165) is 25.2 Å². The molecule has 0 atom stereocenters.